The smallest absolute Gasteiger partial charge is 0.258 e. The van der Waals surface area contributed by atoms with Crippen molar-refractivity contribution in [3.8, 4) is 5.75 Å². The van der Waals surface area contributed by atoms with Gasteiger partial charge in [-0.25, -0.2) is 0 Å². The maximum atomic E-state index is 12.2. The summed E-state index contributed by atoms with van der Waals surface area (Å²) in [6, 6.07) is 5.99. The average molecular weight is 384 g/mol. The first kappa shape index (κ1) is 20.0. The standard InChI is InChI=1S/C19H30BrNO2/c1-13(2)14-8-9-16(15(20)10-14)23-11-17(22)21-19(6,7)12-18(3,4)5/h8-10,13H,11-12H2,1-7H3,(H,21,22). The van der Waals surface area contributed by atoms with Crippen molar-refractivity contribution < 1.29 is 9.53 Å². The number of halogens is 1. The van der Waals surface area contributed by atoms with Crippen LogP contribution in [0.25, 0.3) is 0 Å². The lowest BCUT2D eigenvalue weighted by molar-refractivity contribution is -0.125. The maximum absolute atomic E-state index is 12.2. The van der Waals surface area contributed by atoms with E-state index in [0.29, 0.717) is 11.7 Å². The van der Waals surface area contributed by atoms with Gasteiger partial charge in [0, 0.05) is 5.54 Å². The Labute approximate surface area is 149 Å². The van der Waals surface area contributed by atoms with Crippen molar-refractivity contribution in [3.05, 3.63) is 28.2 Å². The lowest BCUT2D eigenvalue weighted by atomic mass is 9.82. The second kappa shape index (κ2) is 7.69. The molecule has 1 aromatic carbocycles. The topological polar surface area (TPSA) is 38.3 Å². The number of benzene rings is 1. The molecule has 0 aliphatic carbocycles. The van der Waals surface area contributed by atoms with Crippen molar-refractivity contribution in [1.82, 2.24) is 5.32 Å². The second-order valence-electron chi connectivity index (χ2n) is 8.30. The number of ether oxygens (including phenoxy) is 1. The summed E-state index contributed by atoms with van der Waals surface area (Å²) < 4.78 is 6.53. The first-order valence-electron chi connectivity index (χ1n) is 8.13. The summed E-state index contributed by atoms with van der Waals surface area (Å²) in [4.78, 5) is 12.2. The first-order valence-corrected chi connectivity index (χ1v) is 8.92. The maximum Gasteiger partial charge on any atom is 0.258 e. The van der Waals surface area contributed by atoms with Crippen molar-refractivity contribution in [3.63, 3.8) is 0 Å². The van der Waals surface area contributed by atoms with Gasteiger partial charge in [0.2, 0.25) is 0 Å². The highest BCUT2D eigenvalue weighted by molar-refractivity contribution is 9.10. The third-order valence-corrected chi connectivity index (χ3v) is 4.05. The van der Waals surface area contributed by atoms with E-state index >= 15 is 0 Å². The predicted molar refractivity (Wildman–Crippen MR) is 100 cm³/mol. The second-order valence-corrected chi connectivity index (χ2v) is 9.16. The molecule has 0 unspecified atom stereocenters. The molecule has 0 aliphatic rings. The van der Waals surface area contributed by atoms with Crippen LogP contribution < -0.4 is 10.1 Å². The van der Waals surface area contributed by atoms with E-state index in [0.717, 1.165) is 10.9 Å². The Morgan fingerprint density at radius 1 is 1.22 bits per heavy atom. The van der Waals surface area contributed by atoms with Crippen LogP contribution in [0.5, 0.6) is 5.75 Å². The predicted octanol–water partition coefficient (Wildman–Crippen LogP) is 5.28. The summed E-state index contributed by atoms with van der Waals surface area (Å²) in [6.07, 6.45) is 0.901. The van der Waals surface area contributed by atoms with Crippen LogP contribution in [0.1, 0.15) is 66.4 Å². The molecule has 0 bridgehead atoms. The average Bonchev–Trinajstić information content (AvgIpc) is 2.33. The van der Waals surface area contributed by atoms with Crippen LogP contribution in [0.4, 0.5) is 0 Å². The molecule has 0 saturated carbocycles. The molecule has 0 aromatic heterocycles. The van der Waals surface area contributed by atoms with Gasteiger partial charge in [-0.2, -0.15) is 0 Å². The lowest BCUT2D eigenvalue weighted by Crippen LogP contribution is -2.47. The van der Waals surface area contributed by atoms with E-state index in [1.54, 1.807) is 0 Å². The largest absolute Gasteiger partial charge is 0.483 e. The van der Waals surface area contributed by atoms with Crippen LogP contribution in [0, 0.1) is 5.41 Å². The summed E-state index contributed by atoms with van der Waals surface area (Å²) in [5.74, 6) is 1.05. The van der Waals surface area contributed by atoms with Gasteiger partial charge in [0.15, 0.2) is 6.61 Å². The van der Waals surface area contributed by atoms with E-state index in [2.05, 4.69) is 55.9 Å². The van der Waals surface area contributed by atoms with Gasteiger partial charge in [0.25, 0.3) is 5.91 Å². The molecule has 1 N–H and O–H groups in total. The molecule has 0 radical (unpaired) electrons. The van der Waals surface area contributed by atoms with Crippen LogP contribution in [0.3, 0.4) is 0 Å². The molecule has 0 heterocycles. The van der Waals surface area contributed by atoms with E-state index in [-0.39, 0.29) is 23.5 Å². The molecule has 23 heavy (non-hydrogen) atoms. The van der Waals surface area contributed by atoms with Crippen molar-refractivity contribution in [2.45, 2.75) is 66.3 Å². The van der Waals surface area contributed by atoms with Crippen LogP contribution in [-0.4, -0.2) is 18.1 Å². The number of amides is 1. The Kier molecular flexibility index (Phi) is 6.70. The van der Waals surface area contributed by atoms with Crippen molar-refractivity contribution in [2.24, 2.45) is 5.41 Å². The van der Waals surface area contributed by atoms with Gasteiger partial charge in [0.1, 0.15) is 5.75 Å². The fourth-order valence-electron chi connectivity index (χ4n) is 2.92. The van der Waals surface area contributed by atoms with Crippen molar-refractivity contribution in [2.75, 3.05) is 6.61 Å². The molecular formula is C19H30BrNO2. The first-order chi connectivity index (χ1) is 10.4. The zero-order valence-corrected chi connectivity index (χ0v) is 17.0. The Balaban J connectivity index is 2.60. The number of hydrogen-bond acceptors (Lipinski definition) is 2. The van der Waals surface area contributed by atoms with Crippen molar-refractivity contribution in [1.29, 1.82) is 0 Å². The fraction of sp³-hybridized carbons (Fsp3) is 0.632. The Hall–Kier alpha value is -1.03. The monoisotopic (exact) mass is 383 g/mol. The molecule has 3 nitrogen and oxygen atoms in total. The SMILES string of the molecule is CC(C)c1ccc(OCC(=O)NC(C)(C)CC(C)(C)C)c(Br)c1. The third-order valence-electron chi connectivity index (χ3n) is 3.43. The number of carbonyl (C=O) groups is 1. The molecule has 1 aromatic rings. The van der Waals surface area contributed by atoms with E-state index < -0.39 is 0 Å². The lowest BCUT2D eigenvalue weighted by Gasteiger charge is -2.33. The van der Waals surface area contributed by atoms with Crippen LogP contribution >= 0.6 is 15.9 Å². The highest BCUT2D eigenvalue weighted by Gasteiger charge is 2.27. The van der Waals surface area contributed by atoms with E-state index in [1.807, 2.05) is 32.0 Å². The van der Waals surface area contributed by atoms with Crippen molar-refractivity contribution >= 4 is 21.8 Å². The van der Waals surface area contributed by atoms with Gasteiger partial charge in [-0.3, -0.25) is 4.79 Å². The molecule has 0 atom stereocenters. The van der Waals surface area contributed by atoms with Gasteiger partial charge >= 0.3 is 0 Å². The molecule has 4 heteroatoms. The molecule has 0 saturated heterocycles. The minimum absolute atomic E-state index is 0.0210. The van der Waals surface area contributed by atoms with E-state index in [9.17, 15) is 4.79 Å². The minimum Gasteiger partial charge on any atom is -0.483 e. The Morgan fingerprint density at radius 3 is 2.30 bits per heavy atom. The quantitative estimate of drug-likeness (QED) is 0.725. The number of hydrogen-bond donors (Lipinski definition) is 1. The number of rotatable bonds is 6. The van der Waals surface area contributed by atoms with Gasteiger partial charge in [-0.1, -0.05) is 40.7 Å². The number of nitrogens with one attached hydrogen (secondary N) is 1. The van der Waals surface area contributed by atoms with Gasteiger partial charge in [-0.15, -0.1) is 0 Å². The fourth-order valence-corrected chi connectivity index (χ4v) is 3.43. The molecule has 0 fully saturated rings. The Bertz CT molecular complexity index is 545. The molecule has 1 rings (SSSR count). The molecule has 0 spiro atoms. The van der Waals surface area contributed by atoms with E-state index in [1.165, 1.54) is 5.56 Å². The normalized spacial score (nSPS) is 12.4. The summed E-state index contributed by atoms with van der Waals surface area (Å²) in [7, 11) is 0. The van der Waals surface area contributed by atoms with Crippen LogP contribution in [0.2, 0.25) is 0 Å². The highest BCUT2D eigenvalue weighted by Crippen LogP contribution is 2.29. The molecule has 0 aliphatic heterocycles. The number of carbonyl (C=O) groups excluding carboxylic acids is 1. The van der Waals surface area contributed by atoms with Crippen LogP contribution in [-0.2, 0) is 4.79 Å². The Morgan fingerprint density at radius 2 is 1.83 bits per heavy atom. The minimum atomic E-state index is -0.253. The van der Waals surface area contributed by atoms with Gasteiger partial charge < -0.3 is 10.1 Å². The highest BCUT2D eigenvalue weighted by atomic mass is 79.9. The van der Waals surface area contributed by atoms with Crippen LogP contribution in [0.15, 0.2) is 22.7 Å². The molecule has 130 valence electrons. The summed E-state index contributed by atoms with van der Waals surface area (Å²) in [5, 5.41) is 3.05. The van der Waals surface area contributed by atoms with E-state index in [4.69, 9.17) is 4.74 Å². The zero-order chi connectivity index (χ0) is 17.8. The third kappa shape index (κ3) is 7.38. The van der Waals surface area contributed by atoms with Gasteiger partial charge in [0.05, 0.1) is 4.47 Å². The zero-order valence-electron chi connectivity index (χ0n) is 15.4. The van der Waals surface area contributed by atoms with Gasteiger partial charge in [-0.05, 0) is 65.2 Å². The summed E-state index contributed by atoms with van der Waals surface area (Å²) >= 11 is 3.51. The molecule has 1 amide bonds. The molecular weight excluding hydrogens is 354 g/mol. The summed E-state index contributed by atoms with van der Waals surface area (Å²) in [5.41, 5.74) is 1.14. The summed E-state index contributed by atoms with van der Waals surface area (Å²) in [6.45, 7) is 14.9.